The van der Waals surface area contributed by atoms with Crippen LogP contribution in [0, 0.1) is 6.92 Å². The second-order valence-corrected chi connectivity index (χ2v) is 5.78. The molecule has 0 aromatic carbocycles. The van der Waals surface area contributed by atoms with Crippen LogP contribution in [0.3, 0.4) is 0 Å². The molecule has 2 heterocycles. The highest BCUT2D eigenvalue weighted by molar-refractivity contribution is 9.10. The first-order valence-corrected chi connectivity index (χ1v) is 7.25. The molecule has 0 aliphatic carbocycles. The second kappa shape index (κ2) is 6.45. The summed E-state index contributed by atoms with van der Waals surface area (Å²) < 4.78 is 0.940. The molecule has 1 aromatic heterocycles. The Bertz CT molecular complexity index is 458. The first kappa shape index (κ1) is 14.4. The summed E-state index contributed by atoms with van der Waals surface area (Å²) in [6, 6.07) is 3.97. The maximum absolute atomic E-state index is 11.9. The number of pyridine rings is 1. The highest BCUT2D eigenvalue weighted by atomic mass is 79.9. The number of hydrogen-bond donors (Lipinski definition) is 2. The number of nitrogens with one attached hydrogen (secondary N) is 1. The molecule has 0 radical (unpaired) electrons. The number of amides is 1. The lowest BCUT2D eigenvalue weighted by Crippen LogP contribution is -2.43. The number of halogens is 1. The molecule has 1 aliphatic rings. The number of anilines is 1. The molecule has 1 saturated heterocycles. The van der Waals surface area contributed by atoms with Gasteiger partial charge in [-0.05, 0) is 47.8 Å². The van der Waals surface area contributed by atoms with E-state index >= 15 is 0 Å². The van der Waals surface area contributed by atoms with Gasteiger partial charge in [0.25, 0.3) is 0 Å². The predicted molar refractivity (Wildman–Crippen MR) is 79.0 cm³/mol. The van der Waals surface area contributed by atoms with Gasteiger partial charge < -0.3 is 11.1 Å². The van der Waals surface area contributed by atoms with E-state index in [1.807, 2.05) is 13.0 Å². The molecule has 6 heteroatoms. The molecule has 19 heavy (non-hydrogen) atoms. The maximum atomic E-state index is 11.9. The zero-order chi connectivity index (χ0) is 13.8. The smallest absolute Gasteiger partial charge is 0.239 e. The van der Waals surface area contributed by atoms with Crippen molar-refractivity contribution in [3.8, 4) is 0 Å². The normalized spacial score (nSPS) is 17.4. The lowest BCUT2D eigenvalue weighted by Gasteiger charge is -2.29. The summed E-state index contributed by atoms with van der Waals surface area (Å²) in [5.41, 5.74) is 6.70. The number of likely N-dealkylation sites (tertiary alicyclic amines) is 1. The average Bonchev–Trinajstić information content (AvgIpc) is 2.37. The van der Waals surface area contributed by atoms with E-state index in [1.54, 1.807) is 6.07 Å². The number of rotatable bonds is 3. The maximum Gasteiger partial charge on any atom is 0.239 e. The Labute approximate surface area is 121 Å². The molecular formula is C13H19BrN4O. The summed E-state index contributed by atoms with van der Waals surface area (Å²) in [4.78, 5) is 18.4. The van der Waals surface area contributed by atoms with Crippen molar-refractivity contribution >= 4 is 27.7 Å². The number of aromatic nitrogens is 1. The number of carbonyl (C=O) groups is 1. The van der Waals surface area contributed by atoms with Crippen molar-refractivity contribution in [2.24, 2.45) is 5.73 Å². The Hall–Kier alpha value is -0.980. The van der Waals surface area contributed by atoms with Gasteiger partial charge in [0.15, 0.2) is 0 Å². The van der Waals surface area contributed by atoms with Crippen molar-refractivity contribution in [2.45, 2.75) is 25.8 Å². The van der Waals surface area contributed by atoms with E-state index in [1.165, 1.54) is 0 Å². The summed E-state index contributed by atoms with van der Waals surface area (Å²) >= 11 is 3.39. The van der Waals surface area contributed by atoms with Gasteiger partial charge in [-0.15, -0.1) is 0 Å². The highest BCUT2D eigenvalue weighted by Crippen LogP contribution is 2.16. The van der Waals surface area contributed by atoms with Crippen LogP contribution in [0.4, 0.5) is 5.82 Å². The number of carbonyl (C=O) groups excluding carboxylic acids is 1. The number of piperidine rings is 1. The van der Waals surface area contributed by atoms with Crippen LogP contribution in [-0.2, 0) is 4.79 Å². The summed E-state index contributed by atoms with van der Waals surface area (Å²) in [5, 5.41) is 2.82. The summed E-state index contributed by atoms with van der Waals surface area (Å²) in [7, 11) is 0. The third-order valence-electron chi connectivity index (χ3n) is 3.29. The van der Waals surface area contributed by atoms with E-state index in [9.17, 15) is 4.79 Å². The minimum absolute atomic E-state index is 0.0234. The molecule has 0 atom stereocenters. The fourth-order valence-corrected chi connectivity index (χ4v) is 2.33. The summed E-state index contributed by atoms with van der Waals surface area (Å²) in [6.45, 7) is 4.08. The molecule has 3 N–H and O–H groups in total. The summed E-state index contributed by atoms with van der Waals surface area (Å²) in [6.07, 6.45) is 1.92. The third kappa shape index (κ3) is 4.26. The zero-order valence-corrected chi connectivity index (χ0v) is 12.6. The lowest BCUT2D eigenvalue weighted by molar-refractivity contribution is -0.117. The van der Waals surface area contributed by atoms with Crippen LogP contribution in [0.5, 0.6) is 0 Å². The fraction of sp³-hybridized carbons (Fsp3) is 0.538. The minimum Gasteiger partial charge on any atom is -0.328 e. The molecule has 1 amide bonds. The Balaban J connectivity index is 1.85. The minimum atomic E-state index is -0.0234. The van der Waals surface area contributed by atoms with Gasteiger partial charge in [0.2, 0.25) is 5.91 Å². The van der Waals surface area contributed by atoms with Gasteiger partial charge in [0, 0.05) is 23.6 Å². The number of hydrogen-bond acceptors (Lipinski definition) is 4. The van der Waals surface area contributed by atoms with Crippen molar-refractivity contribution in [1.29, 1.82) is 0 Å². The van der Waals surface area contributed by atoms with Crippen molar-refractivity contribution in [3.63, 3.8) is 0 Å². The van der Waals surface area contributed by atoms with Gasteiger partial charge in [0.05, 0.1) is 12.2 Å². The van der Waals surface area contributed by atoms with Crippen LogP contribution in [0.1, 0.15) is 18.5 Å². The first-order chi connectivity index (χ1) is 9.04. The molecular weight excluding hydrogens is 308 g/mol. The predicted octanol–water partition coefficient (Wildman–Crippen LogP) is 1.51. The van der Waals surface area contributed by atoms with Gasteiger partial charge in [-0.3, -0.25) is 9.69 Å². The van der Waals surface area contributed by atoms with Crippen LogP contribution < -0.4 is 11.1 Å². The van der Waals surface area contributed by atoms with E-state index in [4.69, 9.17) is 5.73 Å². The molecule has 0 spiro atoms. The van der Waals surface area contributed by atoms with Crippen molar-refractivity contribution in [1.82, 2.24) is 9.88 Å². The average molecular weight is 327 g/mol. The van der Waals surface area contributed by atoms with Crippen molar-refractivity contribution in [3.05, 3.63) is 22.3 Å². The first-order valence-electron chi connectivity index (χ1n) is 6.45. The second-order valence-electron chi connectivity index (χ2n) is 4.93. The topological polar surface area (TPSA) is 71.2 Å². The molecule has 1 aliphatic heterocycles. The standard InChI is InChI=1S/C13H19BrN4O/c1-9-11(14)2-3-12(16-9)17-13(19)8-18-6-4-10(15)5-7-18/h2-3,10H,4-8,15H2,1H3,(H,16,17,19). The number of nitrogens with two attached hydrogens (primary N) is 1. The quantitative estimate of drug-likeness (QED) is 0.883. The highest BCUT2D eigenvalue weighted by Gasteiger charge is 2.18. The molecule has 0 bridgehead atoms. The zero-order valence-electron chi connectivity index (χ0n) is 11.0. The van der Waals surface area contributed by atoms with Crippen LogP contribution >= 0.6 is 15.9 Å². The SMILES string of the molecule is Cc1nc(NC(=O)CN2CCC(N)CC2)ccc1Br. The van der Waals surface area contributed by atoms with Crippen molar-refractivity contribution < 1.29 is 4.79 Å². The van der Waals surface area contributed by atoms with Crippen LogP contribution in [0.15, 0.2) is 16.6 Å². The Morgan fingerprint density at radius 3 is 2.84 bits per heavy atom. The van der Waals surface area contributed by atoms with E-state index < -0.39 is 0 Å². The van der Waals surface area contributed by atoms with Crippen LogP contribution in [0.25, 0.3) is 0 Å². The van der Waals surface area contributed by atoms with Crippen LogP contribution in [-0.4, -0.2) is 41.5 Å². The molecule has 1 aromatic rings. The Morgan fingerprint density at radius 1 is 1.53 bits per heavy atom. The fourth-order valence-electron chi connectivity index (χ4n) is 2.11. The van der Waals surface area contributed by atoms with Crippen molar-refractivity contribution in [2.75, 3.05) is 25.0 Å². The monoisotopic (exact) mass is 326 g/mol. The van der Waals surface area contributed by atoms with Gasteiger partial charge in [-0.2, -0.15) is 0 Å². The Kier molecular flexibility index (Phi) is 4.90. The van der Waals surface area contributed by atoms with Gasteiger partial charge >= 0.3 is 0 Å². The molecule has 104 valence electrons. The number of nitrogens with zero attached hydrogens (tertiary/aromatic N) is 2. The molecule has 0 unspecified atom stereocenters. The van der Waals surface area contributed by atoms with E-state index in [0.29, 0.717) is 12.4 Å². The van der Waals surface area contributed by atoms with Gasteiger partial charge in [-0.1, -0.05) is 0 Å². The third-order valence-corrected chi connectivity index (χ3v) is 4.13. The molecule has 0 saturated carbocycles. The van der Waals surface area contributed by atoms with E-state index in [0.717, 1.165) is 36.1 Å². The Morgan fingerprint density at radius 2 is 2.21 bits per heavy atom. The summed E-state index contributed by atoms with van der Waals surface area (Å²) in [5.74, 6) is 0.573. The number of aryl methyl sites for hydroxylation is 1. The van der Waals surface area contributed by atoms with E-state index in [-0.39, 0.29) is 11.9 Å². The molecule has 1 fully saturated rings. The largest absolute Gasteiger partial charge is 0.328 e. The van der Waals surface area contributed by atoms with Gasteiger partial charge in [0.1, 0.15) is 5.82 Å². The van der Waals surface area contributed by atoms with Gasteiger partial charge in [-0.25, -0.2) is 4.98 Å². The lowest BCUT2D eigenvalue weighted by atomic mass is 10.1. The van der Waals surface area contributed by atoms with Crippen LogP contribution in [0.2, 0.25) is 0 Å². The molecule has 5 nitrogen and oxygen atoms in total. The van der Waals surface area contributed by atoms with E-state index in [2.05, 4.69) is 31.1 Å². The molecule has 2 rings (SSSR count).